The van der Waals surface area contributed by atoms with E-state index >= 15 is 0 Å². The van der Waals surface area contributed by atoms with Crippen LogP contribution in [-0.4, -0.2) is 10.9 Å². The summed E-state index contributed by atoms with van der Waals surface area (Å²) in [4.78, 5) is 10.9. The lowest BCUT2D eigenvalue weighted by Crippen LogP contribution is -2.09. The SMILES string of the molecule is CC(=O)[C@H](O)c1ccccc1C#N. The van der Waals surface area contributed by atoms with Gasteiger partial charge < -0.3 is 5.11 Å². The first-order valence-corrected chi connectivity index (χ1v) is 3.84. The van der Waals surface area contributed by atoms with Gasteiger partial charge in [-0.3, -0.25) is 4.79 Å². The Labute approximate surface area is 76.2 Å². The molecule has 0 aliphatic heterocycles. The number of nitriles is 1. The van der Waals surface area contributed by atoms with Crippen molar-refractivity contribution < 1.29 is 9.90 Å². The second kappa shape index (κ2) is 3.83. The zero-order valence-corrected chi connectivity index (χ0v) is 7.19. The van der Waals surface area contributed by atoms with E-state index in [2.05, 4.69) is 0 Å². The molecule has 66 valence electrons. The van der Waals surface area contributed by atoms with Gasteiger partial charge in [0.05, 0.1) is 11.6 Å². The van der Waals surface area contributed by atoms with Crippen LogP contribution < -0.4 is 0 Å². The molecule has 0 saturated heterocycles. The summed E-state index contributed by atoms with van der Waals surface area (Å²) in [7, 11) is 0. The van der Waals surface area contributed by atoms with Gasteiger partial charge in [0, 0.05) is 5.56 Å². The Bertz CT molecular complexity index is 365. The number of rotatable bonds is 2. The highest BCUT2D eigenvalue weighted by Gasteiger charge is 2.15. The smallest absolute Gasteiger partial charge is 0.162 e. The summed E-state index contributed by atoms with van der Waals surface area (Å²) < 4.78 is 0. The molecule has 3 nitrogen and oxygen atoms in total. The Morgan fingerprint density at radius 2 is 2.15 bits per heavy atom. The molecule has 0 fully saturated rings. The van der Waals surface area contributed by atoms with E-state index in [1.807, 2.05) is 6.07 Å². The van der Waals surface area contributed by atoms with Crippen molar-refractivity contribution in [3.05, 3.63) is 35.4 Å². The molecule has 1 N–H and O–H groups in total. The van der Waals surface area contributed by atoms with Crippen molar-refractivity contribution in [1.29, 1.82) is 5.26 Å². The van der Waals surface area contributed by atoms with Crippen molar-refractivity contribution in [3.8, 4) is 6.07 Å². The van der Waals surface area contributed by atoms with Gasteiger partial charge in [-0.15, -0.1) is 0 Å². The second-order valence-corrected chi connectivity index (χ2v) is 2.71. The van der Waals surface area contributed by atoms with E-state index in [9.17, 15) is 9.90 Å². The zero-order valence-electron chi connectivity index (χ0n) is 7.19. The molecule has 0 heterocycles. The number of carbonyl (C=O) groups is 1. The fraction of sp³-hybridized carbons (Fsp3) is 0.200. The lowest BCUT2D eigenvalue weighted by Gasteiger charge is -2.07. The van der Waals surface area contributed by atoms with Crippen molar-refractivity contribution >= 4 is 5.78 Å². The third kappa shape index (κ3) is 1.92. The topological polar surface area (TPSA) is 61.1 Å². The molecule has 1 aromatic carbocycles. The van der Waals surface area contributed by atoms with Crippen LogP contribution in [-0.2, 0) is 4.79 Å². The minimum atomic E-state index is -1.18. The Morgan fingerprint density at radius 3 is 2.69 bits per heavy atom. The van der Waals surface area contributed by atoms with Crippen molar-refractivity contribution in [2.45, 2.75) is 13.0 Å². The quantitative estimate of drug-likeness (QED) is 0.734. The molecule has 0 amide bonds. The fourth-order valence-electron chi connectivity index (χ4n) is 1.06. The van der Waals surface area contributed by atoms with Gasteiger partial charge in [-0.05, 0) is 13.0 Å². The number of hydrogen-bond acceptors (Lipinski definition) is 3. The van der Waals surface area contributed by atoms with Gasteiger partial charge >= 0.3 is 0 Å². The molecule has 0 spiro atoms. The number of nitrogens with zero attached hydrogens (tertiary/aromatic N) is 1. The van der Waals surface area contributed by atoms with Crippen LogP contribution in [0.25, 0.3) is 0 Å². The molecule has 13 heavy (non-hydrogen) atoms. The predicted octanol–water partition coefficient (Wildman–Crippen LogP) is 1.18. The lowest BCUT2D eigenvalue weighted by molar-refractivity contribution is -0.125. The molecule has 1 atom stereocenters. The summed E-state index contributed by atoms with van der Waals surface area (Å²) >= 11 is 0. The number of aliphatic hydroxyl groups is 1. The molecule has 0 aromatic heterocycles. The second-order valence-electron chi connectivity index (χ2n) is 2.71. The third-order valence-corrected chi connectivity index (χ3v) is 1.76. The van der Waals surface area contributed by atoms with Crippen LogP contribution in [0.3, 0.4) is 0 Å². The third-order valence-electron chi connectivity index (χ3n) is 1.76. The number of carbonyl (C=O) groups excluding carboxylic acids is 1. The van der Waals surface area contributed by atoms with E-state index in [0.717, 1.165) is 0 Å². The summed E-state index contributed by atoms with van der Waals surface area (Å²) in [5.41, 5.74) is 0.711. The first-order valence-electron chi connectivity index (χ1n) is 3.84. The summed E-state index contributed by atoms with van der Waals surface area (Å²) in [5, 5.41) is 18.1. The fourth-order valence-corrected chi connectivity index (χ4v) is 1.06. The van der Waals surface area contributed by atoms with Crippen molar-refractivity contribution in [2.24, 2.45) is 0 Å². The summed E-state index contributed by atoms with van der Waals surface area (Å²) in [6.07, 6.45) is -1.18. The normalized spacial score (nSPS) is 11.8. The molecule has 0 unspecified atom stereocenters. The molecule has 1 rings (SSSR count). The highest BCUT2D eigenvalue weighted by atomic mass is 16.3. The number of benzene rings is 1. The van der Waals surface area contributed by atoms with E-state index < -0.39 is 6.10 Å². The molecular formula is C10H9NO2. The number of aliphatic hydroxyl groups excluding tert-OH is 1. The number of hydrogen-bond donors (Lipinski definition) is 1. The molecule has 0 aliphatic carbocycles. The first kappa shape index (κ1) is 9.43. The number of ketones is 1. The van der Waals surface area contributed by atoms with Gasteiger partial charge in [-0.2, -0.15) is 5.26 Å². The van der Waals surface area contributed by atoms with Crippen molar-refractivity contribution in [3.63, 3.8) is 0 Å². The van der Waals surface area contributed by atoms with Gasteiger partial charge in [0.2, 0.25) is 0 Å². The van der Waals surface area contributed by atoms with E-state index in [4.69, 9.17) is 5.26 Å². The van der Waals surface area contributed by atoms with Gasteiger partial charge in [-0.1, -0.05) is 18.2 Å². The zero-order chi connectivity index (χ0) is 9.84. The summed E-state index contributed by atoms with van der Waals surface area (Å²) in [6, 6.07) is 8.44. The van der Waals surface area contributed by atoms with Crippen LogP contribution in [0, 0.1) is 11.3 Å². The van der Waals surface area contributed by atoms with E-state index in [-0.39, 0.29) is 5.78 Å². The van der Waals surface area contributed by atoms with Crippen molar-refractivity contribution in [2.75, 3.05) is 0 Å². The van der Waals surface area contributed by atoms with Gasteiger partial charge in [0.25, 0.3) is 0 Å². The van der Waals surface area contributed by atoms with E-state index in [1.165, 1.54) is 6.92 Å². The Balaban J connectivity index is 3.15. The van der Waals surface area contributed by atoms with E-state index in [1.54, 1.807) is 24.3 Å². The van der Waals surface area contributed by atoms with Crippen LogP contribution >= 0.6 is 0 Å². The average Bonchev–Trinajstić information content (AvgIpc) is 2.16. The standard InChI is InChI=1S/C10H9NO2/c1-7(12)10(13)9-5-3-2-4-8(9)6-11/h2-5,10,13H,1H3/t10-/m0/s1. The van der Waals surface area contributed by atoms with Gasteiger partial charge in [0.15, 0.2) is 5.78 Å². The van der Waals surface area contributed by atoms with Gasteiger partial charge in [-0.25, -0.2) is 0 Å². The maximum absolute atomic E-state index is 10.9. The van der Waals surface area contributed by atoms with Gasteiger partial charge in [0.1, 0.15) is 6.10 Å². The average molecular weight is 175 g/mol. The molecular weight excluding hydrogens is 166 g/mol. The Kier molecular flexibility index (Phi) is 2.78. The van der Waals surface area contributed by atoms with Crippen LogP contribution in [0.15, 0.2) is 24.3 Å². The minimum Gasteiger partial charge on any atom is -0.381 e. The minimum absolute atomic E-state index is 0.338. The van der Waals surface area contributed by atoms with Crippen LogP contribution in [0.2, 0.25) is 0 Å². The molecule has 1 aromatic rings. The van der Waals surface area contributed by atoms with E-state index in [0.29, 0.717) is 11.1 Å². The molecule has 0 aliphatic rings. The summed E-state index contributed by atoms with van der Waals surface area (Å²) in [6.45, 7) is 1.29. The van der Waals surface area contributed by atoms with Crippen LogP contribution in [0.1, 0.15) is 24.2 Å². The summed E-state index contributed by atoms with van der Waals surface area (Å²) in [5.74, 6) is -0.359. The number of Topliss-reactive ketones (excluding diaryl/α,β-unsaturated/α-hetero) is 1. The van der Waals surface area contributed by atoms with Crippen molar-refractivity contribution in [1.82, 2.24) is 0 Å². The lowest BCUT2D eigenvalue weighted by atomic mass is 10.0. The maximum Gasteiger partial charge on any atom is 0.162 e. The predicted molar refractivity (Wildman–Crippen MR) is 46.8 cm³/mol. The van der Waals surface area contributed by atoms with Crippen LogP contribution in [0.4, 0.5) is 0 Å². The molecule has 3 heteroatoms. The monoisotopic (exact) mass is 175 g/mol. The molecule has 0 bridgehead atoms. The highest BCUT2D eigenvalue weighted by molar-refractivity contribution is 5.82. The molecule has 0 saturated carbocycles. The Morgan fingerprint density at radius 1 is 1.54 bits per heavy atom. The first-order chi connectivity index (χ1) is 6.16. The van der Waals surface area contributed by atoms with Crippen LogP contribution in [0.5, 0.6) is 0 Å². The highest BCUT2D eigenvalue weighted by Crippen LogP contribution is 2.17. The molecule has 0 radical (unpaired) electrons. The Hall–Kier alpha value is -1.66. The largest absolute Gasteiger partial charge is 0.381 e. The maximum atomic E-state index is 10.9.